The molecule has 0 aliphatic rings. The SMILES string of the molecule is COC(/C=C/C(=O)[O-])OC. The zero-order chi connectivity index (χ0) is 7.98. The maximum Gasteiger partial charge on any atom is 0.176 e. The highest BCUT2D eigenvalue weighted by Crippen LogP contribution is 1.91. The van der Waals surface area contributed by atoms with Crippen molar-refractivity contribution in [2.45, 2.75) is 6.29 Å². The highest BCUT2D eigenvalue weighted by atomic mass is 16.7. The highest BCUT2D eigenvalue weighted by molar-refractivity contribution is 5.77. The van der Waals surface area contributed by atoms with Crippen LogP contribution >= 0.6 is 0 Å². The van der Waals surface area contributed by atoms with E-state index in [2.05, 4.69) is 9.47 Å². The first-order chi connectivity index (χ1) is 4.70. The molecular weight excluding hydrogens is 136 g/mol. The van der Waals surface area contributed by atoms with Crippen LogP contribution in [-0.2, 0) is 14.3 Å². The molecular formula is C6H9O4-. The van der Waals surface area contributed by atoms with Crippen LogP contribution in [0.25, 0.3) is 0 Å². The summed E-state index contributed by atoms with van der Waals surface area (Å²) in [5.41, 5.74) is 0. The first-order valence-electron chi connectivity index (χ1n) is 2.65. The van der Waals surface area contributed by atoms with Gasteiger partial charge in [0.25, 0.3) is 0 Å². The Kier molecular flexibility index (Phi) is 4.53. The smallest absolute Gasteiger partial charge is 0.176 e. The standard InChI is InChI=1S/C6H10O4/c1-9-6(10-2)4-3-5(7)8/h3-4,6H,1-2H3,(H,7,8)/p-1/b4-3+. The maximum atomic E-state index is 9.83. The highest BCUT2D eigenvalue weighted by Gasteiger charge is 1.95. The van der Waals surface area contributed by atoms with Crippen LogP contribution in [0.15, 0.2) is 12.2 Å². The van der Waals surface area contributed by atoms with Gasteiger partial charge in [0, 0.05) is 14.2 Å². The van der Waals surface area contributed by atoms with Crippen LogP contribution in [-0.4, -0.2) is 26.5 Å². The Morgan fingerprint density at radius 1 is 1.50 bits per heavy atom. The summed E-state index contributed by atoms with van der Waals surface area (Å²) in [5, 5.41) is 9.83. The lowest BCUT2D eigenvalue weighted by atomic mass is 10.5. The van der Waals surface area contributed by atoms with E-state index in [0.717, 1.165) is 6.08 Å². The zero-order valence-corrected chi connectivity index (χ0v) is 5.87. The normalized spacial score (nSPS) is 11.1. The largest absolute Gasteiger partial charge is 0.545 e. The van der Waals surface area contributed by atoms with Gasteiger partial charge in [-0.15, -0.1) is 0 Å². The van der Waals surface area contributed by atoms with Gasteiger partial charge >= 0.3 is 0 Å². The second kappa shape index (κ2) is 4.96. The fourth-order valence-corrected chi connectivity index (χ4v) is 0.410. The third-order valence-corrected chi connectivity index (χ3v) is 0.854. The second-order valence-corrected chi connectivity index (χ2v) is 1.52. The average molecular weight is 145 g/mol. The number of aliphatic carboxylic acids is 1. The van der Waals surface area contributed by atoms with E-state index in [1.807, 2.05) is 0 Å². The molecule has 0 amide bonds. The Bertz CT molecular complexity index is 126. The molecule has 4 heteroatoms. The summed E-state index contributed by atoms with van der Waals surface area (Å²) in [7, 11) is 2.82. The Morgan fingerprint density at radius 2 is 2.00 bits per heavy atom. The fraction of sp³-hybridized carbons (Fsp3) is 0.500. The van der Waals surface area contributed by atoms with Crippen LogP contribution in [0.4, 0.5) is 0 Å². The van der Waals surface area contributed by atoms with Crippen molar-refractivity contribution in [1.82, 2.24) is 0 Å². The molecule has 58 valence electrons. The van der Waals surface area contributed by atoms with Gasteiger partial charge in [-0.25, -0.2) is 0 Å². The van der Waals surface area contributed by atoms with E-state index in [9.17, 15) is 9.90 Å². The van der Waals surface area contributed by atoms with Crippen molar-refractivity contribution in [3.05, 3.63) is 12.2 Å². The predicted octanol–water partition coefficient (Wildman–Crippen LogP) is -1.09. The van der Waals surface area contributed by atoms with Gasteiger partial charge in [0.05, 0.1) is 5.97 Å². The molecule has 0 heterocycles. The molecule has 0 atom stereocenters. The number of ether oxygens (including phenoxy) is 2. The Labute approximate surface area is 59.1 Å². The van der Waals surface area contributed by atoms with Gasteiger partial charge in [0.1, 0.15) is 0 Å². The zero-order valence-electron chi connectivity index (χ0n) is 5.87. The summed E-state index contributed by atoms with van der Waals surface area (Å²) in [6.07, 6.45) is 1.49. The van der Waals surface area contributed by atoms with Crippen LogP contribution in [0.2, 0.25) is 0 Å². The van der Waals surface area contributed by atoms with Gasteiger partial charge in [-0.2, -0.15) is 0 Å². The number of carboxylic acid groups (broad SMARTS) is 1. The Balaban J connectivity index is 3.72. The van der Waals surface area contributed by atoms with Crippen LogP contribution < -0.4 is 5.11 Å². The van der Waals surface area contributed by atoms with Gasteiger partial charge in [0.15, 0.2) is 6.29 Å². The summed E-state index contributed by atoms with van der Waals surface area (Å²) in [4.78, 5) is 9.83. The molecule has 0 N–H and O–H groups in total. The van der Waals surface area contributed by atoms with Gasteiger partial charge < -0.3 is 19.4 Å². The molecule has 0 saturated carbocycles. The summed E-state index contributed by atoms with van der Waals surface area (Å²) < 4.78 is 9.30. The van der Waals surface area contributed by atoms with Crippen molar-refractivity contribution in [2.75, 3.05) is 14.2 Å². The molecule has 0 rings (SSSR count). The van der Waals surface area contributed by atoms with E-state index in [-0.39, 0.29) is 0 Å². The van der Waals surface area contributed by atoms with E-state index in [1.165, 1.54) is 20.3 Å². The molecule has 0 spiro atoms. The molecule has 0 aromatic carbocycles. The molecule has 0 aliphatic carbocycles. The molecule has 0 fully saturated rings. The van der Waals surface area contributed by atoms with Crippen LogP contribution in [0.5, 0.6) is 0 Å². The second-order valence-electron chi connectivity index (χ2n) is 1.52. The van der Waals surface area contributed by atoms with Crippen molar-refractivity contribution < 1.29 is 19.4 Å². The summed E-state index contributed by atoms with van der Waals surface area (Å²) in [6.45, 7) is 0. The van der Waals surface area contributed by atoms with Crippen molar-refractivity contribution >= 4 is 5.97 Å². The van der Waals surface area contributed by atoms with Gasteiger partial charge in [-0.1, -0.05) is 0 Å². The molecule has 0 bridgehead atoms. The van der Waals surface area contributed by atoms with E-state index in [0.29, 0.717) is 0 Å². The molecule has 0 unspecified atom stereocenters. The Hall–Kier alpha value is -0.870. The number of carbonyl (C=O) groups is 1. The molecule has 0 radical (unpaired) electrons. The van der Waals surface area contributed by atoms with Gasteiger partial charge in [-0.3, -0.25) is 0 Å². The van der Waals surface area contributed by atoms with Crippen LogP contribution in [0, 0.1) is 0 Å². The molecule has 0 saturated heterocycles. The number of methoxy groups -OCH3 is 2. The molecule has 0 aliphatic heterocycles. The fourth-order valence-electron chi connectivity index (χ4n) is 0.410. The van der Waals surface area contributed by atoms with E-state index in [4.69, 9.17) is 0 Å². The quantitative estimate of drug-likeness (QED) is 0.372. The van der Waals surface area contributed by atoms with Crippen molar-refractivity contribution in [1.29, 1.82) is 0 Å². The van der Waals surface area contributed by atoms with Crippen molar-refractivity contribution in [3.8, 4) is 0 Å². The lowest BCUT2D eigenvalue weighted by Gasteiger charge is -2.06. The number of carboxylic acids is 1. The van der Waals surface area contributed by atoms with E-state index in [1.54, 1.807) is 0 Å². The predicted molar refractivity (Wildman–Crippen MR) is 32.0 cm³/mol. The minimum Gasteiger partial charge on any atom is -0.545 e. The van der Waals surface area contributed by atoms with Gasteiger partial charge in [-0.05, 0) is 12.2 Å². The number of carbonyl (C=O) groups excluding carboxylic acids is 1. The third kappa shape index (κ3) is 4.05. The van der Waals surface area contributed by atoms with E-state index >= 15 is 0 Å². The van der Waals surface area contributed by atoms with E-state index < -0.39 is 12.3 Å². The van der Waals surface area contributed by atoms with Gasteiger partial charge in [0.2, 0.25) is 0 Å². The monoisotopic (exact) mass is 145 g/mol. The summed E-state index contributed by atoms with van der Waals surface area (Å²) in [5.74, 6) is -1.26. The lowest BCUT2D eigenvalue weighted by Crippen LogP contribution is -2.20. The molecule has 10 heavy (non-hydrogen) atoms. The first-order valence-corrected chi connectivity index (χ1v) is 2.65. The topological polar surface area (TPSA) is 58.6 Å². The minimum atomic E-state index is -1.26. The van der Waals surface area contributed by atoms with Crippen molar-refractivity contribution in [3.63, 3.8) is 0 Å². The molecule has 0 aromatic heterocycles. The third-order valence-electron chi connectivity index (χ3n) is 0.854. The maximum absolute atomic E-state index is 9.83. The number of hydrogen-bond donors (Lipinski definition) is 0. The number of rotatable bonds is 4. The average Bonchev–Trinajstić information content (AvgIpc) is 1.90. The molecule has 0 aromatic rings. The Morgan fingerprint density at radius 3 is 2.30 bits per heavy atom. The number of hydrogen-bond acceptors (Lipinski definition) is 4. The molecule has 4 nitrogen and oxygen atoms in total. The lowest BCUT2D eigenvalue weighted by molar-refractivity contribution is -0.297. The first kappa shape index (κ1) is 9.13. The summed E-state index contributed by atoms with van der Waals surface area (Å²) >= 11 is 0. The minimum absolute atomic E-state index is 0.613. The van der Waals surface area contributed by atoms with Crippen LogP contribution in [0.3, 0.4) is 0 Å². The summed E-state index contributed by atoms with van der Waals surface area (Å²) in [6, 6.07) is 0. The van der Waals surface area contributed by atoms with Crippen LogP contribution in [0.1, 0.15) is 0 Å². The van der Waals surface area contributed by atoms with Crippen molar-refractivity contribution in [2.24, 2.45) is 0 Å².